The predicted molar refractivity (Wildman–Crippen MR) is 120 cm³/mol. The van der Waals surface area contributed by atoms with Crippen LogP contribution in [0.2, 0.25) is 0 Å². The molecule has 2 aliphatic rings. The van der Waals surface area contributed by atoms with Crippen LogP contribution in [0.1, 0.15) is 29.8 Å². The number of carbonyl (C=O) groups is 3. The van der Waals surface area contributed by atoms with Crippen LogP contribution in [0.25, 0.3) is 0 Å². The van der Waals surface area contributed by atoms with E-state index >= 15 is 0 Å². The van der Waals surface area contributed by atoms with E-state index in [1.54, 1.807) is 16.9 Å². The monoisotopic (exact) mass is 457 g/mol. The topological polar surface area (TPSA) is 105 Å². The average Bonchev–Trinajstić information content (AvgIpc) is 3.40. The first-order chi connectivity index (χ1) is 15.4. The molecular formula is C22H27N5O4S. The molecule has 4 rings (SSSR count). The molecule has 0 saturated carbocycles. The third-order valence-corrected chi connectivity index (χ3v) is 6.77. The van der Waals surface area contributed by atoms with Gasteiger partial charge in [0.05, 0.1) is 5.92 Å². The maximum atomic E-state index is 13.0. The molecule has 1 unspecified atom stereocenters. The zero-order chi connectivity index (χ0) is 22.7. The van der Waals surface area contributed by atoms with Crippen molar-refractivity contribution in [3.05, 3.63) is 34.8 Å². The van der Waals surface area contributed by atoms with Gasteiger partial charge in [0.2, 0.25) is 22.9 Å². The first-order valence-corrected chi connectivity index (χ1v) is 11.5. The van der Waals surface area contributed by atoms with E-state index in [9.17, 15) is 14.4 Å². The van der Waals surface area contributed by atoms with Gasteiger partial charge >= 0.3 is 0 Å². The third-order valence-electron chi connectivity index (χ3n) is 5.96. The van der Waals surface area contributed by atoms with Gasteiger partial charge < -0.3 is 19.9 Å². The lowest BCUT2D eigenvalue weighted by atomic mass is 9.94. The van der Waals surface area contributed by atoms with Gasteiger partial charge in [-0.15, -0.1) is 10.2 Å². The van der Waals surface area contributed by atoms with E-state index in [2.05, 4.69) is 15.5 Å². The van der Waals surface area contributed by atoms with E-state index in [1.807, 2.05) is 31.2 Å². The van der Waals surface area contributed by atoms with Gasteiger partial charge in [-0.1, -0.05) is 29.0 Å². The number of anilines is 2. The molecule has 2 aromatic rings. The molecule has 10 heteroatoms. The molecule has 0 spiro atoms. The minimum absolute atomic E-state index is 0.000140. The number of nitrogens with zero attached hydrogens (tertiary/aromatic N) is 4. The second-order valence-electron chi connectivity index (χ2n) is 8.26. The first kappa shape index (κ1) is 22.3. The Labute approximate surface area is 190 Å². The minimum Gasteiger partial charge on any atom is -0.377 e. The first-order valence-electron chi connectivity index (χ1n) is 10.7. The Morgan fingerprint density at radius 2 is 1.88 bits per heavy atom. The molecule has 2 fully saturated rings. The number of aryl methyl sites for hydroxylation is 1. The highest BCUT2D eigenvalue weighted by atomic mass is 32.1. The van der Waals surface area contributed by atoms with Crippen molar-refractivity contribution in [2.24, 2.45) is 11.8 Å². The molecular weight excluding hydrogens is 430 g/mol. The van der Waals surface area contributed by atoms with Crippen molar-refractivity contribution in [3.8, 4) is 0 Å². The summed E-state index contributed by atoms with van der Waals surface area (Å²) in [6.07, 6.45) is 1.40. The fraction of sp³-hybridized carbons (Fsp3) is 0.500. The molecule has 3 heterocycles. The molecule has 9 nitrogen and oxygen atoms in total. The van der Waals surface area contributed by atoms with Crippen molar-refractivity contribution in [3.63, 3.8) is 0 Å². The van der Waals surface area contributed by atoms with Crippen molar-refractivity contribution in [1.29, 1.82) is 0 Å². The molecule has 1 atom stereocenters. The molecule has 0 radical (unpaired) electrons. The van der Waals surface area contributed by atoms with Crippen LogP contribution >= 0.6 is 11.3 Å². The molecule has 0 bridgehead atoms. The van der Waals surface area contributed by atoms with Gasteiger partial charge in [0.1, 0.15) is 11.6 Å². The summed E-state index contributed by atoms with van der Waals surface area (Å²) < 4.78 is 5.02. The van der Waals surface area contributed by atoms with Crippen LogP contribution in [0.3, 0.4) is 0 Å². The Morgan fingerprint density at radius 1 is 1.16 bits per heavy atom. The van der Waals surface area contributed by atoms with Crippen LogP contribution in [0.4, 0.5) is 10.8 Å². The van der Waals surface area contributed by atoms with Crippen molar-refractivity contribution in [2.45, 2.75) is 32.8 Å². The fourth-order valence-corrected chi connectivity index (χ4v) is 4.88. The number of amides is 3. The smallest absolute Gasteiger partial charge is 0.229 e. The number of carbonyl (C=O) groups excluding carboxylic acids is 3. The van der Waals surface area contributed by atoms with Gasteiger partial charge in [-0.25, -0.2) is 0 Å². The van der Waals surface area contributed by atoms with Gasteiger partial charge in [-0.2, -0.15) is 0 Å². The van der Waals surface area contributed by atoms with Crippen molar-refractivity contribution >= 4 is 39.9 Å². The lowest BCUT2D eigenvalue weighted by Crippen LogP contribution is -2.44. The number of benzene rings is 1. The fourth-order valence-electron chi connectivity index (χ4n) is 4.16. The second-order valence-corrected chi connectivity index (χ2v) is 9.33. The lowest BCUT2D eigenvalue weighted by molar-refractivity contribution is -0.138. The summed E-state index contributed by atoms with van der Waals surface area (Å²) in [7, 11) is 1.58. The number of ether oxygens (including phenoxy) is 1. The van der Waals surface area contributed by atoms with E-state index < -0.39 is 0 Å². The van der Waals surface area contributed by atoms with Gasteiger partial charge in [-0.3, -0.25) is 14.4 Å². The highest BCUT2D eigenvalue weighted by molar-refractivity contribution is 7.15. The normalized spacial score (nSPS) is 19.4. The molecule has 3 amide bonds. The standard InChI is InChI=1S/C22H27N5O4S/c1-14-3-5-17(6-4-14)27-12-16(11-19(27)28)21(30)26-9-7-15(8-10-26)20(29)23-22-25-24-18(32-22)13-31-2/h3-6,15-16H,7-13H2,1-2H3,(H,23,25,29). The minimum atomic E-state index is -0.338. The van der Waals surface area contributed by atoms with Crippen LogP contribution in [0.5, 0.6) is 0 Å². The Morgan fingerprint density at radius 3 is 2.56 bits per heavy atom. The summed E-state index contributed by atoms with van der Waals surface area (Å²) in [4.78, 5) is 41.6. The number of nitrogens with one attached hydrogen (secondary N) is 1. The number of rotatable bonds is 6. The zero-order valence-electron chi connectivity index (χ0n) is 18.2. The van der Waals surface area contributed by atoms with Gasteiger partial charge in [-0.05, 0) is 31.9 Å². The SMILES string of the molecule is COCc1nnc(NC(=O)C2CCN(C(=O)C3CC(=O)N(c4ccc(C)cc4)C3)CC2)s1. The van der Waals surface area contributed by atoms with E-state index in [4.69, 9.17) is 4.74 Å². The highest BCUT2D eigenvalue weighted by Crippen LogP contribution is 2.28. The summed E-state index contributed by atoms with van der Waals surface area (Å²) in [5.41, 5.74) is 1.96. The largest absolute Gasteiger partial charge is 0.377 e. The van der Waals surface area contributed by atoms with E-state index in [-0.39, 0.29) is 36.0 Å². The predicted octanol–water partition coefficient (Wildman–Crippen LogP) is 2.22. The number of piperidine rings is 1. The van der Waals surface area contributed by atoms with E-state index in [1.165, 1.54) is 11.3 Å². The second kappa shape index (κ2) is 9.74. The van der Waals surface area contributed by atoms with E-state index in [0.29, 0.717) is 49.2 Å². The van der Waals surface area contributed by atoms with Gasteiger partial charge in [0.25, 0.3) is 0 Å². The van der Waals surface area contributed by atoms with Crippen molar-refractivity contribution < 1.29 is 19.1 Å². The molecule has 2 aliphatic heterocycles. The zero-order valence-corrected chi connectivity index (χ0v) is 19.1. The van der Waals surface area contributed by atoms with Gasteiger partial charge in [0.15, 0.2) is 0 Å². The molecule has 0 aliphatic carbocycles. The summed E-state index contributed by atoms with van der Waals surface area (Å²) in [6, 6.07) is 7.77. The summed E-state index contributed by atoms with van der Waals surface area (Å²) in [5, 5.41) is 11.9. The molecule has 1 aromatic carbocycles. The average molecular weight is 458 g/mol. The van der Waals surface area contributed by atoms with Crippen LogP contribution < -0.4 is 10.2 Å². The van der Waals surface area contributed by atoms with Crippen molar-refractivity contribution in [1.82, 2.24) is 15.1 Å². The quantitative estimate of drug-likeness (QED) is 0.713. The van der Waals surface area contributed by atoms with E-state index in [0.717, 1.165) is 11.3 Å². The summed E-state index contributed by atoms with van der Waals surface area (Å²) in [6.45, 7) is 3.79. The van der Waals surface area contributed by atoms with Gasteiger partial charge in [0, 0.05) is 44.8 Å². The molecule has 2 saturated heterocycles. The van der Waals surface area contributed by atoms with Crippen molar-refractivity contribution in [2.75, 3.05) is 37.0 Å². The lowest BCUT2D eigenvalue weighted by Gasteiger charge is -2.32. The van der Waals surface area contributed by atoms with Crippen LogP contribution in [-0.4, -0.2) is 59.6 Å². The Balaban J connectivity index is 1.28. The number of methoxy groups -OCH3 is 1. The number of aromatic nitrogens is 2. The molecule has 170 valence electrons. The van der Waals surface area contributed by atoms with Crippen LogP contribution in [-0.2, 0) is 25.7 Å². The number of hydrogen-bond donors (Lipinski definition) is 1. The Bertz CT molecular complexity index is 984. The maximum absolute atomic E-state index is 13.0. The molecule has 1 aromatic heterocycles. The highest BCUT2D eigenvalue weighted by Gasteiger charge is 2.38. The molecule has 32 heavy (non-hydrogen) atoms. The Kier molecular flexibility index (Phi) is 6.80. The Hall–Kier alpha value is -2.85. The summed E-state index contributed by atoms with van der Waals surface area (Å²) in [5.74, 6) is -0.636. The summed E-state index contributed by atoms with van der Waals surface area (Å²) >= 11 is 1.29. The molecule has 1 N–H and O–H groups in total. The third kappa shape index (κ3) is 4.97. The number of likely N-dealkylation sites (tertiary alicyclic amines) is 1. The maximum Gasteiger partial charge on any atom is 0.229 e. The van der Waals surface area contributed by atoms with Crippen LogP contribution in [0, 0.1) is 18.8 Å². The van der Waals surface area contributed by atoms with Crippen LogP contribution in [0.15, 0.2) is 24.3 Å². The number of hydrogen-bond acceptors (Lipinski definition) is 7.